The van der Waals surface area contributed by atoms with E-state index in [2.05, 4.69) is 47.2 Å². The normalized spacial score (nSPS) is 13.5. The number of nitrogens with zero attached hydrogens (tertiary/aromatic N) is 1. The van der Waals surface area contributed by atoms with Crippen LogP contribution in [0.2, 0.25) is 10.0 Å². The van der Waals surface area contributed by atoms with Gasteiger partial charge < -0.3 is 10.4 Å². The molecule has 9 heteroatoms. The number of halogens is 3. The molecule has 0 aliphatic rings. The van der Waals surface area contributed by atoms with Crippen molar-refractivity contribution in [2.45, 2.75) is 49.6 Å². The average molecular weight is 552 g/mol. The fourth-order valence-corrected chi connectivity index (χ4v) is 6.65. The van der Waals surface area contributed by atoms with Crippen molar-refractivity contribution in [3.63, 3.8) is 0 Å². The summed E-state index contributed by atoms with van der Waals surface area (Å²) >= 11 is 15.3. The van der Waals surface area contributed by atoms with Crippen LogP contribution in [0.1, 0.15) is 32.3 Å². The number of aliphatic hydroxyl groups excluding tert-OH is 1. The van der Waals surface area contributed by atoms with Crippen molar-refractivity contribution < 1.29 is 13.5 Å². The zero-order chi connectivity index (χ0) is 23.2. The molecule has 0 radical (unpaired) electrons. The number of hydrogen-bond acceptors (Lipinski definition) is 4. The van der Waals surface area contributed by atoms with Crippen molar-refractivity contribution in [3.8, 4) is 0 Å². The highest BCUT2D eigenvalue weighted by atomic mass is 79.9. The highest BCUT2D eigenvalue weighted by Gasteiger charge is 2.29. The van der Waals surface area contributed by atoms with E-state index in [1.165, 1.54) is 24.7 Å². The molecule has 0 saturated heterocycles. The summed E-state index contributed by atoms with van der Waals surface area (Å²) < 4.78 is 27.2. The number of likely N-dealkylation sites (N-methyl/N-ethyl adjacent to an activating group) is 1. The molecule has 0 saturated carbocycles. The molecule has 0 spiro atoms. The molecule has 172 valence electrons. The van der Waals surface area contributed by atoms with Crippen LogP contribution in [0.3, 0.4) is 0 Å². The zero-order valence-electron chi connectivity index (χ0n) is 17.9. The molecule has 0 amide bonds. The van der Waals surface area contributed by atoms with Crippen LogP contribution in [0.15, 0.2) is 51.8 Å². The third kappa shape index (κ3) is 8.00. The lowest BCUT2D eigenvalue weighted by molar-refractivity contribution is 0.138. The standard InChI is InChI=1S/C22H29BrCl2N2O3S/c1-22(2,11-7-10-16-8-5-4-6-9-16)26-14-18(28)15-27(3)31(29,30)21-19(23)12-17(24)13-20(21)25/h4-6,8-9,12-13,18,26,28H,7,10-11,14-15H2,1-3H3. The summed E-state index contributed by atoms with van der Waals surface area (Å²) in [5.41, 5.74) is 1.12. The minimum absolute atomic E-state index is 0.0263. The predicted octanol–water partition coefficient (Wildman–Crippen LogP) is 5.13. The number of sulfonamides is 1. The smallest absolute Gasteiger partial charge is 0.245 e. The van der Waals surface area contributed by atoms with Gasteiger partial charge in [-0.25, -0.2) is 8.42 Å². The first-order valence-electron chi connectivity index (χ1n) is 10.0. The van der Waals surface area contributed by atoms with Gasteiger partial charge in [0.1, 0.15) is 4.90 Å². The van der Waals surface area contributed by atoms with Crippen LogP contribution in [-0.2, 0) is 16.4 Å². The lowest BCUT2D eigenvalue weighted by atomic mass is 9.95. The minimum Gasteiger partial charge on any atom is -0.390 e. The third-order valence-electron chi connectivity index (χ3n) is 5.03. The monoisotopic (exact) mass is 550 g/mol. The average Bonchev–Trinajstić information content (AvgIpc) is 2.66. The predicted molar refractivity (Wildman–Crippen MR) is 131 cm³/mol. The largest absolute Gasteiger partial charge is 0.390 e. The Morgan fingerprint density at radius 2 is 1.84 bits per heavy atom. The Morgan fingerprint density at radius 1 is 1.19 bits per heavy atom. The number of nitrogens with one attached hydrogen (secondary N) is 1. The fraction of sp³-hybridized carbons (Fsp3) is 0.455. The topological polar surface area (TPSA) is 69.6 Å². The number of rotatable bonds is 11. The van der Waals surface area contributed by atoms with Crippen LogP contribution in [0.25, 0.3) is 0 Å². The van der Waals surface area contributed by atoms with E-state index in [0.717, 1.165) is 23.6 Å². The maximum absolute atomic E-state index is 12.9. The third-order valence-corrected chi connectivity index (χ3v) is 8.47. The SMILES string of the molecule is CN(CC(O)CNC(C)(C)CCCc1ccccc1)S(=O)(=O)c1c(Cl)cc(Cl)cc1Br. The highest BCUT2D eigenvalue weighted by molar-refractivity contribution is 9.10. The summed E-state index contributed by atoms with van der Waals surface area (Å²) in [6, 6.07) is 13.2. The summed E-state index contributed by atoms with van der Waals surface area (Å²) in [7, 11) is -2.49. The summed E-state index contributed by atoms with van der Waals surface area (Å²) in [5.74, 6) is 0. The van der Waals surface area contributed by atoms with Gasteiger partial charge in [0.2, 0.25) is 10.0 Å². The molecular weight excluding hydrogens is 523 g/mol. The number of aliphatic hydroxyl groups is 1. The Balaban J connectivity index is 1.89. The summed E-state index contributed by atoms with van der Waals surface area (Å²) in [6.45, 7) is 4.36. The summed E-state index contributed by atoms with van der Waals surface area (Å²) in [5, 5.41) is 14.1. The van der Waals surface area contributed by atoms with Crippen molar-refractivity contribution in [1.82, 2.24) is 9.62 Å². The van der Waals surface area contributed by atoms with E-state index in [1.807, 2.05) is 18.2 Å². The van der Waals surface area contributed by atoms with Crippen LogP contribution in [0.4, 0.5) is 0 Å². The Hall–Kier alpha value is -0.670. The Kier molecular flexibility index (Phi) is 9.82. The number of β-amino-alcohol motifs (C(OH)–C–C–N with tert-alkyl or cyclic N) is 1. The first-order valence-corrected chi connectivity index (χ1v) is 13.0. The van der Waals surface area contributed by atoms with Crippen LogP contribution in [0, 0.1) is 0 Å². The number of hydrogen-bond donors (Lipinski definition) is 2. The van der Waals surface area contributed by atoms with E-state index < -0.39 is 16.1 Å². The first-order chi connectivity index (χ1) is 14.4. The quantitative estimate of drug-likeness (QED) is 0.406. The van der Waals surface area contributed by atoms with Gasteiger partial charge in [-0.1, -0.05) is 53.5 Å². The second-order valence-corrected chi connectivity index (χ2v) is 11.9. The van der Waals surface area contributed by atoms with Crippen LogP contribution in [-0.4, -0.2) is 49.6 Å². The van der Waals surface area contributed by atoms with E-state index >= 15 is 0 Å². The zero-order valence-corrected chi connectivity index (χ0v) is 21.8. The molecule has 0 aliphatic heterocycles. The number of aryl methyl sites for hydroxylation is 1. The summed E-state index contributed by atoms with van der Waals surface area (Å²) in [4.78, 5) is -0.0672. The van der Waals surface area contributed by atoms with Crippen molar-refractivity contribution >= 4 is 49.2 Å². The molecule has 2 aromatic rings. The van der Waals surface area contributed by atoms with Gasteiger partial charge in [0, 0.05) is 35.2 Å². The number of benzene rings is 2. The maximum atomic E-state index is 12.9. The van der Waals surface area contributed by atoms with Crippen molar-refractivity contribution in [1.29, 1.82) is 0 Å². The molecule has 2 rings (SSSR count). The maximum Gasteiger partial charge on any atom is 0.245 e. The lowest BCUT2D eigenvalue weighted by Crippen LogP contribution is -2.46. The first kappa shape index (κ1) is 26.6. The van der Waals surface area contributed by atoms with Gasteiger partial charge in [0.05, 0.1) is 11.1 Å². The van der Waals surface area contributed by atoms with Gasteiger partial charge >= 0.3 is 0 Å². The van der Waals surface area contributed by atoms with Crippen LogP contribution >= 0.6 is 39.1 Å². The van der Waals surface area contributed by atoms with Gasteiger partial charge in [-0.3, -0.25) is 0 Å². The summed E-state index contributed by atoms with van der Waals surface area (Å²) in [6.07, 6.45) is 2.05. The lowest BCUT2D eigenvalue weighted by Gasteiger charge is -2.29. The van der Waals surface area contributed by atoms with E-state index in [4.69, 9.17) is 23.2 Å². The molecule has 0 bridgehead atoms. The van der Waals surface area contributed by atoms with Gasteiger partial charge in [-0.15, -0.1) is 0 Å². The Morgan fingerprint density at radius 3 is 2.45 bits per heavy atom. The fourth-order valence-electron chi connectivity index (χ4n) is 3.25. The van der Waals surface area contributed by atoms with E-state index in [1.54, 1.807) is 0 Å². The Labute approximate surface area is 203 Å². The second-order valence-electron chi connectivity index (χ2n) is 8.24. The molecule has 1 unspecified atom stereocenters. The minimum atomic E-state index is -3.90. The molecule has 0 heterocycles. The molecule has 1 atom stereocenters. The van der Waals surface area contributed by atoms with Crippen molar-refractivity contribution in [2.24, 2.45) is 0 Å². The molecule has 2 aromatic carbocycles. The molecule has 0 fully saturated rings. The van der Waals surface area contributed by atoms with Crippen molar-refractivity contribution in [3.05, 3.63) is 62.5 Å². The Bertz CT molecular complexity index is 949. The van der Waals surface area contributed by atoms with Gasteiger partial charge in [-0.05, 0) is 66.7 Å². The molecule has 5 nitrogen and oxygen atoms in total. The highest BCUT2D eigenvalue weighted by Crippen LogP contribution is 2.34. The molecule has 0 aliphatic carbocycles. The van der Waals surface area contributed by atoms with Crippen LogP contribution < -0.4 is 5.32 Å². The molecular formula is C22H29BrCl2N2O3S. The van der Waals surface area contributed by atoms with Gasteiger partial charge in [0.15, 0.2) is 0 Å². The van der Waals surface area contributed by atoms with E-state index in [9.17, 15) is 13.5 Å². The molecule has 2 N–H and O–H groups in total. The van der Waals surface area contributed by atoms with Gasteiger partial charge in [-0.2, -0.15) is 4.31 Å². The van der Waals surface area contributed by atoms with Gasteiger partial charge in [0.25, 0.3) is 0 Å². The van der Waals surface area contributed by atoms with E-state index in [-0.39, 0.29) is 33.0 Å². The second kappa shape index (κ2) is 11.5. The molecule has 0 aromatic heterocycles. The van der Waals surface area contributed by atoms with Crippen molar-refractivity contribution in [2.75, 3.05) is 20.1 Å². The van der Waals surface area contributed by atoms with Crippen LogP contribution in [0.5, 0.6) is 0 Å². The van der Waals surface area contributed by atoms with E-state index in [0.29, 0.717) is 5.02 Å². The molecule has 31 heavy (non-hydrogen) atoms.